The minimum absolute atomic E-state index is 0.629. The monoisotopic (exact) mass is 328 g/mol. The molecule has 1 aromatic carbocycles. The Morgan fingerprint density at radius 3 is 2.65 bits per heavy atom. The summed E-state index contributed by atoms with van der Waals surface area (Å²) in [6, 6.07) is 10.2. The van der Waals surface area contributed by atoms with Gasteiger partial charge in [0.25, 0.3) is 0 Å². The Kier molecular flexibility index (Phi) is 4.79. The Morgan fingerprint density at radius 1 is 1.22 bits per heavy atom. The number of rotatable bonds is 5. The quantitative estimate of drug-likeness (QED) is 0.700. The second-order valence-corrected chi connectivity index (χ2v) is 6.32. The minimum Gasteiger partial charge on any atom is -0.463 e. The predicted molar refractivity (Wildman–Crippen MR) is 93.0 cm³/mol. The molecule has 2 heterocycles. The first kappa shape index (κ1) is 15.8. The summed E-state index contributed by atoms with van der Waals surface area (Å²) in [5.74, 6) is 0.847. The third kappa shape index (κ3) is 3.63. The second-order valence-electron chi connectivity index (χ2n) is 5.48. The van der Waals surface area contributed by atoms with Crippen LogP contribution in [0.3, 0.4) is 0 Å². The molecule has 0 aliphatic heterocycles. The molecule has 0 atom stereocenters. The molecule has 0 radical (unpaired) electrons. The van der Waals surface area contributed by atoms with E-state index in [0.29, 0.717) is 6.61 Å². The van der Waals surface area contributed by atoms with Crippen LogP contribution in [0.15, 0.2) is 51.4 Å². The summed E-state index contributed by atoms with van der Waals surface area (Å²) >= 11 is 1.61. The third-order valence-electron chi connectivity index (χ3n) is 3.52. The highest BCUT2D eigenvalue weighted by Gasteiger charge is 2.10. The predicted octanol–water partition coefficient (Wildman–Crippen LogP) is 4.31. The van der Waals surface area contributed by atoms with Crippen molar-refractivity contribution >= 4 is 17.0 Å². The number of aromatic nitrogens is 1. The van der Waals surface area contributed by atoms with Crippen molar-refractivity contribution < 1.29 is 9.15 Å². The number of aryl methyl sites for hydroxylation is 2. The lowest BCUT2D eigenvalue weighted by Gasteiger charge is -2.06. The van der Waals surface area contributed by atoms with Gasteiger partial charge in [-0.05, 0) is 49.2 Å². The Morgan fingerprint density at radius 2 is 2.00 bits per heavy atom. The van der Waals surface area contributed by atoms with Crippen LogP contribution in [0.25, 0.3) is 11.5 Å². The van der Waals surface area contributed by atoms with Gasteiger partial charge in [-0.25, -0.2) is 4.99 Å². The molecule has 23 heavy (non-hydrogen) atoms. The third-order valence-corrected chi connectivity index (χ3v) is 4.39. The maximum Gasteiger partial charge on any atom is 0.190 e. The summed E-state index contributed by atoms with van der Waals surface area (Å²) in [5, 5.41) is 2.08. The Labute approximate surface area is 139 Å². The molecule has 5 heteroatoms. The number of benzene rings is 1. The van der Waals surface area contributed by atoms with Crippen LogP contribution in [-0.2, 0) is 11.3 Å². The molecule has 0 spiro atoms. The van der Waals surface area contributed by atoms with Crippen molar-refractivity contribution in [2.24, 2.45) is 4.99 Å². The van der Waals surface area contributed by atoms with Crippen molar-refractivity contribution in [1.29, 1.82) is 0 Å². The van der Waals surface area contributed by atoms with E-state index in [1.54, 1.807) is 24.7 Å². The second kappa shape index (κ2) is 6.98. The summed E-state index contributed by atoms with van der Waals surface area (Å²) < 4.78 is 12.9. The lowest BCUT2D eigenvalue weighted by Crippen LogP contribution is -2.18. The van der Waals surface area contributed by atoms with Gasteiger partial charge in [-0.3, -0.25) is 0 Å². The molecule has 0 bridgehead atoms. The van der Waals surface area contributed by atoms with Crippen molar-refractivity contribution in [3.05, 3.63) is 57.9 Å². The molecule has 0 saturated carbocycles. The summed E-state index contributed by atoms with van der Waals surface area (Å²) in [7, 11) is 1.71. The van der Waals surface area contributed by atoms with Crippen molar-refractivity contribution in [1.82, 2.24) is 4.57 Å². The van der Waals surface area contributed by atoms with Crippen LogP contribution in [0.1, 0.15) is 11.1 Å². The van der Waals surface area contributed by atoms with E-state index in [2.05, 4.69) is 42.0 Å². The van der Waals surface area contributed by atoms with Crippen molar-refractivity contribution in [2.75, 3.05) is 13.7 Å². The van der Waals surface area contributed by atoms with E-state index in [1.807, 2.05) is 12.1 Å². The molecule has 0 amide bonds. The van der Waals surface area contributed by atoms with E-state index in [0.717, 1.165) is 28.5 Å². The molecule has 0 aliphatic rings. The Hall–Kier alpha value is -2.11. The molecule has 0 aliphatic carbocycles. The van der Waals surface area contributed by atoms with E-state index >= 15 is 0 Å². The van der Waals surface area contributed by atoms with Gasteiger partial charge in [0.2, 0.25) is 0 Å². The van der Waals surface area contributed by atoms with Crippen LogP contribution >= 0.6 is 11.3 Å². The molecule has 120 valence electrons. The number of hydrogen-bond donors (Lipinski definition) is 0. The van der Waals surface area contributed by atoms with Gasteiger partial charge < -0.3 is 13.7 Å². The molecular formula is C18H20N2O2S. The van der Waals surface area contributed by atoms with Gasteiger partial charge in [-0.1, -0.05) is 6.07 Å². The number of methoxy groups -OCH3 is 1. The lowest BCUT2D eigenvalue weighted by atomic mass is 10.1. The average molecular weight is 328 g/mol. The number of ether oxygens (including phenoxy) is 1. The molecule has 3 rings (SSSR count). The summed E-state index contributed by atoms with van der Waals surface area (Å²) in [6.45, 7) is 5.55. The first-order valence-electron chi connectivity index (χ1n) is 7.51. The Bertz CT molecular complexity index is 824. The lowest BCUT2D eigenvalue weighted by molar-refractivity contribution is 0.187. The van der Waals surface area contributed by atoms with Gasteiger partial charge in [0.15, 0.2) is 10.6 Å². The van der Waals surface area contributed by atoms with Gasteiger partial charge in [0.1, 0.15) is 0 Å². The van der Waals surface area contributed by atoms with E-state index in [9.17, 15) is 0 Å². The fraction of sp³-hybridized carbons (Fsp3) is 0.278. The van der Waals surface area contributed by atoms with E-state index < -0.39 is 0 Å². The zero-order valence-electron chi connectivity index (χ0n) is 13.6. The molecule has 2 aromatic heterocycles. The highest BCUT2D eigenvalue weighted by atomic mass is 32.1. The zero-order valence-corrected chi connectivity index (χ0v) is 14.4. The number of hydrogen-bond acceptors (Lipinski definition) is 4. The van der Waals surface area contributed by atoms with Crippen molar-refractivity contribution in [2.45, 2.75) is 20.4 Å². The first-order chi connectivity index (χ1) is 11.2. The fourth-order valence-electron chi connectivity index (χ4n) is 2.57. The molecule has 0 fully saturated rings. The fourth-order valence-corrected chi connectivity index (χ4v) is 3.50. The van der Waals surface area contributed by atoms with Crippen molar-refractivity contribution in [3.8, 4) is 11.5 Å². The number of thiazole rings is 1. The molecule has 4 nitrogen and oxygen atoms in total. The standard InChI is InChI=1S/C18H20N2O2S/c1-13-9-14(2)11-15(10-13)19-18-20(6-8-21-3)16(12-23-18)17-5-4-7-22-17/h4-5,7,9-12H,6,8H2,1-3H3. The van der Waals surface area contributed by atoms with Crippen LogP contribution in [-0.4, -0.2) is 18.3 Å². The maximum absolute atomic E-state index is 5.55. The van der Waals surface area contributed by atoms with Crippen LogP contribution in [0.4, 0.5) is 5.69 Å². The van der Waals surface area contributed by atoms with Crippen LogP contribution in [0, 0.1) is 13.8 Å². The largest absolute Gasteiger partial charge is 0.463 e. The topological polar surface area (TPSA) is 39.7 Å². The van der Waals surface area contributed by atoms with Crippen LogP contribution in [0.5, 0.6) is 0 Å². The molecular weight excluding hydrogens is 308 g/mol. The Balaban J connectivity index is 2.09. The SMILES string of the molecule is COCCn1c(-c2ccco2)csc1=Nc1cc(C)cc(C)c1. The smallest absolute Gasteiger partial charge is 0.190 e. The van der Waals surface area contributed by atoms with E-state index in [4.69, 9.17) is 14.1 Å². The van der Waals surface area contributed by atoms with Gasteiger partial charge in [0, 0.05) is 19.0 Å². The van der Waals surface area contributed by atoms with Crippen molar-refractivity contribution in [3.63, 3.8) is 0 Å². The zero-order chi connectivity index (χ0) is 16.2. The van der Waals surface area contributed by atoms with Crippen LogP contribution < -0.4 is 4.80 Å². The van der Waals surface area contributed by atoms with Gasteiger partial charge in [0.05, 0.1) is 24.3 Å². The maximum atomic E-state index is 5.55. The van der Waals surface area contributed by atoms with E-state index in [-0.39, 0.29) is 0 Å². The number of furan rings is 1. The highest BCUT2D eigenvalue weighted by molar-refractivity contribution is 7.07. The minimum atomic E-state index is 0.629. The molecule has 0 saturated heterocycles. The number of nitrogens with zero attached hydrogens (tertiary/aromatic N) is 2. The average Bonchev–Trinajstić information content (AvgIpc) is 3.13. The summed E-state index contributed by atoms with van der Waals surface area (Å²) in [4.78, 5) is 5.77. The molecule has 0 unspecified atom stereocenters. The summed E-state index contributed by atoms with van der Waals surface area (Å²) in [5.41, 5.74) is 4.44. The van der Waals surface area contributed by atoms with Gasteiger partial charge in [-0.15, -0.1) is 11.3 Å². The molecule has 0 N–H and O–H groups in total. The van der Waals surface area contributed by atoms with Gasteiger partial charge >= 0.3 is 0 Å². The molecule has 3 aromatic rings. The summed E-state index contributed by atoms with van der Waals surface area (Å²) in [6.07, 6.45) is 1.69. The van der Waals surface area contributed by atoms with Gasteiger partial charge in [-0.2, -0.15) is 0 Å². The highest BCUT2D eigenvalue weighted by Crippen LogP contribution is 2.22. The van der Waals surface area contributed by atoms with Crippen LogP contribution in [0.2, 0.25) is 0 Å². The first-order valence-corrected chi connectivity index (χ1v) is 8.39. The van der Waals surface area contributed by atoms with E-state index in [1.165, 1.54) is 11.1 Å². The normalized spacial score (nSPS) is 12.0.